The molecule has 1 heterocycles. The van der Waals surface area contributed by atoms with E-state index in [0.717, 1.165) is 17.0 Å². The molecule has 3 heteroatoms. The quantitative estimate of drug-likeness (QED) is 0.726. The standard InChI is InChI=1S/C10H8NOS/c1-12-9-4-2-3-8(5-9)10-6-13-7-11-10/h2-6H,1H3. The minimum Gasteiger partial charge on any atom is -0.497 e. The SMILES string of the molecule is COc1cccc(-c2cs[c]n2)c1. The number of ether oxygens (including phenoxy) is 1. The Morgan fingerprint density at radius 2 is 2.38 bits per heavy atom. The number of benzene rings is 1. The van der Waals surface area contributed by atoms with Gasteiger partial charge < -0.3 is 4.74 Å². The van der Waals surface area contributed by atoms with Crippen molar-refractivity contribution in [2.75, 3.05) is 7.11 Å². The Morgan fingerprint density at radius 3 is 3.08 bits per heavy atom. The zero-order chi connectivity index (χ0) is 9.10. The van der Waals surface area contributed by atoms with Crippen LogP contribution >= 0.6 is 11.3 Å². The summed E-state index contributed by atoms with van der Waals surface area (Å²) >= 11 is 1.47. The molecule has 0 N–H and O–H groups in total. The fourth-order valence-corrected chi connectivity index (χ4v) is 1.60. The summed E-state index contributed by atoms with van der Waals surface area (Å²) in [6.07, 6.45) is 0. The van der Waals surface area contributed by atoms with Gasteiger partial charge in [-0.25, -0.2) is 4.98 Å². The van der Waals surface area contributed by atoms with Gasteiger partial charge in [0.1, 0.15) is 5.75 Å². The fourth-order valence-electron chi connectivity index (χ4n) is 1.10. The third-order valence-electron chi connectivity index (χ3n) is 1.75. The molecule has 0 aliphatic carbocycles. The first-order valence-corrected chi connectivity index (χ1v) is 4.74. The molecule has 0 saturated heterocycles. The number of thiazole rings is 1. The topological polar surface area (TPSA) is 22.1 Å². The van der Waals surface area contributed by atoms with Crippen molar-refractivity contribution in [3.63, 3.8) is 0 Å². The van der Waals surface area contributed by atoms with Crippen LogP contribution in [0.25, 0.3) is 11.3 Å². The maximum Gasteiger partial charge on any atom is 0.152 e. The number of hydrogen-bond acceptors (Lipinski definition) is 3. The Kier molecular flexibility index (Phi) is 2.27. The molecule has 0 atom stereocenters. The van der Waals surface area contributed by atoms with Gasteiger partial charge in [0.05, 0.1) is 12.8 Å². The zero-order valence-electron chi connectivity index (χ0n) is 7.15. The second kappa shape index (κ2) is 3.58. The monoisotopic (exact) mass is 190 g/mol. The summed E-state index contributed by atoms with van der Waals surface area (Å²) in [6.45, 7) is 0. The van der Waals surface area contributed by atoms with E-state index in [9.17, 15) is 0 Å². The molecule has 0 aliphatic rings. The molecular formula is C10H8NOS. The summed E-state index contributed by atoms with van der Waals surface area (Å²) in [7, 11) is 1.66. The molecule has 2 rings (SSSR count). The Labute approximate surface area is 80.8 Å². The summed E-state index contributed by atoms with van der Waals surface area (Å²) < 4.78 is 5.12. The highest BCUT2D eigenvalue weighted by atomic mass is 32.1. The van der Waals surface area contributed by atoms with Crippen LogP contribution in [0.3, 0.4) is 0 Å². The number of nitrogens with zero attached hydrogens (tertiary/aromatic N) is 1. The van der Waals surface area contributed by atoms with Crippen molar-refractivity contribution in [2.45, 2.75) is 0 Å². The van der Waals surface area contributed by atoms with Crippen LogP contribution in [0, 0.1) is 5.51 Å². The lowest BCUT2D eigenvalue weighted by molar-refractivity contribution is 0.415. The smallest absolute Gasteiger partial charge is 0.152 e. The summed E-state index contributed by atoms with van der Waals surface area (Å²) in [5, 5.41) is 1.97. The minimum atomic E-state index is 0.852. The van der Waals surface area contributed by atoms with Gasteiger partial charge in [0.15, 0.2) is 5.51 Å². The van der Waals surface area contributed by atoms with Crippen LogP contribution in [0.5, 0.6) is 5.75 Å². The van der Waals surface area contributed by atoms with Crippen LogP contribution in [0.1, 0.15) is 0 Å². The minimum absolute atomic E-state index is 0.852. The van der Waals surface area contributed by atoms with Crippen molar-refractivity contribution in [1.82, 2.24) is 4.98 Å². The predicted octanol–water partition coefficient (Wildman–Crippen LogP) is 2.62. The van der Waals surface area contributed by atoms with Gasteiger partial charge >= 0.3 is 0 Å². The molecule has 1 aromatic heterocycles. The Balaban J connectivity index is 2.41. The first-order chi connectivity index (χ1) is 6.40. The Hall–Kier alpha value is -1.35. The van der Waals surface area contributed by atoms with Crippen molar-refractivity contribution in [3.8, 4) is 17.0 Å². The maximum absolute atomic E-state index is 5.12. The largest absolute Gasteiger partial charge is 0.497 e. The van der Waals surface area contributed by atoms with Crippen molar-refractivity contribution in [2.24, 2.45) is 0 Å². The van der Waals surface area contributed by atoms with Gasteiger partial charge in [0.2, 0.25) is 0 Å². The van der Waals surface area contributed by atoms with Crippen LogP contribution in [0.2, 0.25) is 0 Å². The van der Waals surface area contributed by atoms with Crippen LogP contribution in [-0.2, 0) is 0 Å². The van der Waals surface area contributed by atoms with Gasteiger partial charge in [-0.15, -0.1) is 11.3 Å². The number of hydrogen-bond donors (Lipinski definition) is 0. The van der Waals surface area contributed by atoms with E-state index in [1.54, 1.807) is 7.11 Å². The summed E-state index contributed by atoms with van der Waals surface area (Å²) in [5.41, 5.74) is 4.83. The lowest BCUT2D eigenvalue weighted by Gasteiger charge is -2.00. The molecule has 0 bridgehead atoms. The van der Waals surface area contributed by atoms with Gasteiger partial charge in [0.25, 0.3) is 0 Å². The van der Waals surface area contributed by atoms with E-state index in [-0.39, 0.29) is 0 Å². The second-order valence-electron chi connectivity index (χ2n) is 2.56. The van der Waals surface area contributed by atoms with Crippen LogP contribution in [0.15, 0.2) is 29.6 Å². The first kappa shape index (κ1) is 8.26. The molecule has 0 saturated carbocycles. The lowest BCUT2D eigenvalue weighted by atomic mass is 10.2. The molecule has 0 spiro atoms. The maximum atomic E-state index is 5.12. The van der Waals surface area contributed by atoms with Crippen LogP contribution in [0.4, 0.5) is 0 Å². The molecule has 65 valence electrons. The van der Waals surface area contributed by atoms with Crippen LogP contribution in [-0.4, -0.2) is 12.1 Å². The third-order valence-corrected chi connectivity index (χ3v) is 2.29. The van der Waals surface area contributed by atoms with Crippen molar-refractivity contribution >= 4 is 11.3 Å². The summed E-state index contributed by atoms with van der Waals surface area (Å²) in [5.74, 6) is 0.852. The van der Waals surface area contributed by atoms with Gasteiger partial charge in [0, 0.05) is 10.9 Å². The highest BCUT2D eigenvalue weighted by molar-refractivity contribution is 7.07. The molecular weight excluding hydrogens is 182 g/mol. The van der Waals surface area contributed by atoms with E-state index >= 15 is 0 Å². The predicted molar refractivity (Wildman–Crippen MR) is 52.9 cm³/mol. The molecule has 0 fully saturated rings. The number of aromatic nitrogens is 1. The zero-order valence-corrected chi connectivity index (χ0v) is 7.97. The average Bonchev–Trinajstić information content (AvgIpc) is 2.71. The molecule has 0 amide bonds. The molecule has 13 heavy (non-hydrogen) atoms. The molecule has 1 radical (unpaired) electrons. The van der Waals surface area contributed by atoms with Gasteiger partial charge in [-0.1, -0.05) is 12.1 Å². The molecule has 2 aromatic rings. The van der Waals surface area contributed by atoms with E-state index in [0.29, 0.717) is 0 Å². The Bertz CT molecular complexity index is 384. The highest BCUT2D eigenvalue weighted by Gasteiger charge is 2.00. The fraction of sp³-hybridized carbons (Fsp3) is 0.100. The van der Waals surface area contributed by atoms with Crippen molar-refractivity contribution < 1.29 is 4.74 Å². The van der Waals surface area contributed by atoms with Crippen molar-refractivity contribution in [3.05, 3.63) is 35.2 Å². The molecule has 2 nitrogen and oxygen atoms in total. The third kappa shape index (κ3) is 1.70. The van der Waals surface area contributed by atoms with Crippen molar-refractivity contribution in [1.29, 1.82) is 0 Å². The molecule has 1 aromatic carbocycles. The van der Waals surface area contributed by atoms with Gasteiger partial charge in [-0.2, -0.15) is 0 Å². The van der Waals surface area contributed by atoms with E-state index in [1.165, 1.54) is 11.3 Å². The second-order valence-corrected chi connectivity index (χ2v) is 3.21. The average molecular weight is 190 g/mol. The summed E-state index contributed by atoms with van der Waals surface area (Å²) in [4.78, 5) is 4.10. The van der Waals surface area contributed by atoms with Gasteiger partial charge in [-0.3, -0.25) is 0 Å². The molecule has 0 unspecified atom stereocenters. The molecule has 0 aliphatic heterocycles. The van der Waals surface area contributed by atoms with Gasteiger partial charge in [-0.05, 0) is 12.1 Å². The lowest BCUT2D eigenvalue weighted by Crippen LogP contribution is -1.83. The highest BCUT2D eigenvalue weighted by Crippen LogP contribution is 2.22. The van der Waals surface area contributed by atoms with E-state index < -0.39 is 0 Å². The Morgan fingerprint density at radius 1 is 1.46 bits per heavy atom. The summed E-state index contributed by atoms with van der Waals surface area (Å²) in [6, 6.07) is 7.83. The van der Waals surface area contributed by atoms with E-state index in [4.69, 9.17) is 4.74 Å². The van der Waals surface area contributed by atoms with Crippen LogP contribution < -0.4 is 4.74 Å². The van der Waals surface area contributed by atoms with E-state index in [2.05, 4.69) is 10.5 Å². The number of rotatable bonds is 2. The van der Waals surface area contributed by atoms with E-state index in [1.807, 2.05) is 29.6 Å². The first-order valence-electron chi connectivity index (χ1n) is 3.86. The number of methoxy groups -OCH3 is 1. The normalized spacial score (nSPS) is 9.92.